The standard InChI is InChI=1S/C17H30N4OS/c1-5-15-13(4)23-16(20-15)6-8-18-17(22)19-10-14-7-9-21(11-14)12(2)3/h12,14H,5-11H2,1-4H3,(H2,18,19,22). The zero-order valence-corrected chi connectivity index (χ0v) is 15.6. The average Bonchev–Trinajstić information content (AvgIpc) is 3.11. The lowest BCUT2D eigenvalue weighted by Gasteiger charge is -2.20. The monoisotopic (exact) mass is 338 g/mol. The summed E-state index contributed by atoms with van der Waals surface area (Å²) in [5, 5.41) is 7.06. The molecule has 1 aliphatic rings. The molecule has 0 bridgehead atoms. The first-order valence-corrected chi connectivity index (χ1v) is 9.52. The van der Waals surface area contributed by atoms with E-state index in [-0.39, 0.29) is 6.03 Å². The molecule has 0 radical (unpaired) electrons. The van der Waals surface area contributed by atoms with Gasteiger partial charge in [0.2, 0.25) is 0 Å². The second kappa shape index (κ2) is 8.64. The number of carbonyl (C=O) groups is 1. The quantitative estimate of drug-likeness (QED) is 0.803. The molecule has 1 aromatic rings. The van der Waals surface area contributed by atoms with Gasteiger partial charge in [-0.05, 0) is 46.1 Å². The Hall–Kier alpha value is -1.14. The lowest BCUT2D eigenvalue weighted by atomic mass is 10.1. The summed E-state index contributed by atoms with van der Waals surface area (Å²) in [6, 6.07) is 0.542. The van der Waals surface area contributed by atoms with Gasteiger partial charge in [-0.2, -0.15) is 0 Å². The molecule has 6 heteroatoms. The first kappa shape index (κ1) is 18.2. The van der Waals surface area contributed by atoms with E-state index in [1.54, 1.807) is 11.3 Å². The van der Waals surface area contributed by atoms with Crippen molar-refractivity contribution in [3.8, 4) is 0 Å². The van der Waals surface area contributed by atoms with Gasteiger partial charge in [0.15, 0.2) is 0 Å². The summed E-state index contributed by atoms with van der Waals surface area (Å²) in [6.45, 7) is 12.4. The second-order valence-electron chi connectivity index (χ2n) is 6.59. The molecule has 1 aromatic heterocycles. The highest BCUT2D eigenvalue weighted by molar-refractivity contribution is 7.11. The fourth-order valence-corrected chi connectivity index (χ4v) is 4.02. The minimum absolute atomic E-state index is 0.0583. The normalized spacial score (nSPS) is 18.6. The number of thiazole rings is 1. The van der Waals surface area contributed by atoms with Crippen LogP contribution in [0, 0.1) is 12.8 Å². The third kappa shape index (κ3) is 5.46. The number of likely N-dealkylation sites (tertiary alicyclic amines) is 1. The molecule has 0 spiro atoms. The molecule has 1 unspecified atom stereocenters. The third-order valence-electron chi connectivity index (χ3n) is 4.50. The van der Waals surface area contributed by atoms with Crippen LogP contribution in [0.3, 0.4) is 0 Å². The highest BCUT2D eigenvalue weighted by Gasteiger charge is 2.24. The van der Waals surface area contributed by atoms with Gasteiger partial charge in [-0.1, -0.05) is 6.92 Å². The molecule has 1 fully saturated rings. The number of amides is 2. The van der Waals surface area contributed by atoms with Gasteiger partial charge in [0, 0.05) is 37.0 Å². The lowest BCUT2D eigenvalue weighted by molar-refractivity contribution is 0.237. The molecule has 23 heavy (non-hydrogen) atoms. The van der Waals surface area contributed by atoms with Gasteiger partial charge in [-0.25, -0.2) is 9.78 Å². The number of nitrogens with one attached hydrogen (secondary N) is 2. The third-order valence-corrected chi connectivity index (χ3v) is 5.57. The summed E-state index contributed by atoms with van der Waals surface area (Å²) in [5.41, 5.74) is 1.19. The van der Waals surface area contributed by atoms with Gasteiger partial charge in [0.25, 0.3) is 0 Å². The fraction of sp³-hybridized carbons (Fsp3) is 0.765. The summed E-state index contributed by atoms with van der Waals surface area (Å²) < 4.78 is 0. The van der Waals surface area contributed by atoms with Crippen molar-refractivity contribution in [2.75, 3.05) is 26.2 Å². The Balaban J connectivity index is 1.62. The van der Waals surface area contributed by atoms with Crippen molar-refractivity contribution in [2.45, 2.75) is 53.0 Å². The van der Waals surface area contributed by atoms with Crippen molar-refractivity contribution in [2.24, 2.45) is 5.92 Å². The van der Waals surface area contributed by atoms with Gasteiger partial charge < -0.3 is 15.5 Å². The topological polar surface area (TPSA) is 57.3 Å². The van der Waals surface area contributed by atoms with E-state index in [0.717, 1.165) is 37.5 Å². The molecule has 1 atom stereocenters. The number of aryl methyl sites for hydroxylation is 2. The maximum Gasteiger partial charge on any atom is 0.314 e. The minimum atomic E-state index is -0.0583. The zero-order chi connectivity index (χ0) is 16.8. The molecular formula is C17H30N4OS. The number of hydrogen-bond donors (Lipinski definition) is 2. The van der Waals surface area contributed by atoms with E-state index in [1.165, 1.54) is 17.0 Å². The summed E-state index contributed by atoms with van der Waals surface area (Å²) >= 11 is 1.74. The van der Waals surface area contributed by atoms with Gasteiger partial charge in [-0.15, -0.1) is 11.3 Å². The summed E-state index contributed by atoms with van der Waals surface area (Å²) in [4.78, 5) is 20.2. The van der Waals surface area contributed by atoms with Crippen LogP contribution < -0.4 is 10.6 Å². The van der Waals surface area contributed by atoms with E-state index in [1.807, 2.05) is 0 Å². The van der Waals surface area contributed by atoms with Crippen LogP contribution in [-0.4, -0.2) is 48.1 Å². The Bertz CT molecular complexity index is 515. The van der Waals surface area contributed by atoms with Gasteiger partial charge in [0.05, 0.1) is 10.7 Å². The first-order chi connectivity index (χ1) is 11.0. The molecule has 0 aliphatic carbocycles. The molecule has 2 N–H and O–H groups in total. The smallest absolute Gasteiger partial charge is 0.314 e. The van der Waals surface area contributed by atoms with Crippen LogP contribution in [0.5, 0.6) is 0 Å². The summed E-state index contributed by atoms with van der Waals surface area (Å²) in [6.07, 6.45) is 2.96. The van der Waals surface area contributed by atoms with Crippen LogP contribution in [0.25, 0.3) is 0 Å². The number of rotatable bonds is 7. The fourth-order valence-electron chi connectivity index (χ4n) is 3.00. The molecule has 5 nitrogen and oxygen atoms in total. The molecule has 0 aromatic carbocycles. The lowest BCUT2D eigenvalue weighted by Crippen LogP contribution is -2.39. The number of hydrogen-bond acceptors (Lipinski definition) is 4. The van der Waals surface area contributed by atoms with E-state index in [0.29, 0.717) is 18.5 Å². The molecule has 2 rings (SSSR count). The van der Waals surface area contributed by atoms with Crippen molar-refractivity contribution in [1.29, 1.82) is 0 Å². The Kier molecular flexibility index (Phi) is 6.84. The van der Waals surface area contributed by atoms with Crippen molar-refractivity contribution in [1.82, 2.24) is 20.5 Å². The van der Waals surface area contributed by atoms with Gasteiger partial charge in [0.1, 0.15) is 0 Å². The molecule has 1 saturated heterocycles. The van der Waals surface area contributed by atoms with E-state index >= 15 is 0 Å². The van der Waals surface area contributed by atoms with Crippen molar-refractivity contribution in [3.63, 3.8) is 0 Å². The van der Waals surface area contributed by atoms with E-state index in [9.17, 15) is 4.79 Å². The number of nitrogens with zero attached hydrogens (tertiary/aromatic N) is 2. The Morgan fingerprint density at radius 3 is 2.83 bits per heavy atom. The van der Waals surface area contributed by atoms with Crippen LogP contribution in [0.1, 0.15) is 42.8 Å². The van der Waals surface area contributed by atoms with E-state index in [4.69, 9.17) is 0 Å². The van der Waals surface area contributed by atoms with Crippen LogP contribution in [0.15, 0.2) is 0 Å². The Morgan fingerprint density at radius 2 is 2.22 bits per heavy atom. The maximum absolute atomic E-state index is 11.9. The Labute approximate surface area is 143 Å². The first-order valence-electron chi connectivity index (χ1n) is 8.70. The average molecular weight is 339 g/mol. The van der Waals surface area contributed by atoms with Crippen molar-refractivity contribution < 1.29 is 4.79 Å². The molecule has 2 heterocycles. The van der Waals surface area contributed by atoms with Gasteiger partial charge >= 0.3 is 6.03 Å². The molecular weight excluding hydrogens is 308 g/mol. The zero-order valence-electron chi connectivity index (χ0n) is 14.8. The van der Waals surface area contributed by atoms with Crippen LogP contribution >= 0.6 is 11.3 Å². The number of carbonyl (C=O) groups excluding carboxylic acids is 1. The summed E-state index contributed by atoms with van der Waals surface area (Å²) in [5.74, 6) is 0.580. The SMILES string of the molecule is CCc1nc(CCNC(=O)NCC2CCN(C(C)C)C2)sc1C. The summed E-state index contributed by atoms with van der Waals surface area (Å²) in [7, 11) is 0. The molecule has 2 amide bonds. The van der Waals surface area contributed by atoms with E-state index in [2.05, 4.69) is 48.2 Å². The second-order valence-corrected chi connectivity index (χ2v) is 7.88. The minimum Gasteiger partial charge on any atom is -0.338 e. The highest BCUT2D eigenvalue weighted by atomic mass is 32.1. The predicted molar refractivity (Wildman–Crippen MR) is 96.2 cm³/mol. The molecule has 130 valence electrons. The number of aromatic nitrogens is 1. The largest absolute Gasteiger partial charge is 0.338 e. The van der Waals surface area contributed by atoms with Crippen molar-refractivity contribution >= 4 is 17.4 Å². The highest BCUT2D eigenvalue weighted by Crippen LogP contribution is 2.18. The maximum atomic E-state index is 11.9. The van der Waals surface area contributed by atoms with Gasteiger partial charge in [-0.3, -0.25) is 0 Å². The van der Waals surface area contributed by atoms with Crippen LogP contribution in [-0.2, 0) is 12.8 Å². The van der Waals surface area contributed by atoms with Crippen LogP contribution in [0.2, 0.25) is 0 Å². The molecule has 0 saturated carbocycles. The van der Waals surface area contributed by atoms with Crippen LogP contribution in [0.4, 0.5) is 4.79 Å². The number of urea groups is 1. The Morgan fingerprint density at radius 1 is 1.43 bits per heavy atom. The van der Waals surface area contributed by atoms with Crippen molar-refractivity contribution in [3.05, 3.63) is 15.6 Å². The van der Waals surface area contributed by atoms with E-state index < -0.39 is 0 Å². The molecule has 1 aliphatic heterocycles. The predicted octanol–water partition coefficient (Wildman–Crippen LogP) is 2.59.